The lowest BCUT2D eigenvalue weighted by molar-refractivity contribution is -0.142. The predicted octanol–water partition coefficient (Wildman–Crippen LogP) is 1.29. The van der Waals surface area contributed by atoms with E-state index in [-0.39, 0.29) is 19.3 Å². The van der Waals surface area contributed by atoms with Gasteiger partial charge in [-0.25, -0.2) is 4.57 Å². The molecule has 1 saturated heterocycles. The van der Waals surface area contributed by atoms with Crippen molar-refractivity contribution < 1.29 is 28.0 Å². The second kappa shape index (κ2) is 4.91. The topological polar surface area (TPSA) is 74.2 Å². The van der Waals surface area contributed by atoms with Crippen LogP contribution in [0, 0.1) is 0 Å². The van der Waals surface area contributed by atoms with Gasteiger partial charge in [-0.2, -0.15) is 0 Å². The Morgan fingerprint density at radius 2 is 2.20 bits per heavy atom. The van der Waals surface area contributed by atoms with Crippen LogP contribution in [0.25, 0.3) is 0 Å². The van der Waals surface area contributed by atoms with Crippen molar-refractivity contribution in [1.29, 1.82) is 0 Å². The first-order valence-electron chi connectivity index (χ1n) is 4.78. The third kappa shape index (κ3) is 4.59. The number of phosphoric ester groups is 1. The molecule has 1 aliphatic rings. The van der Waals surface area contributed by atoms with Crippen LogP contribution in [0.15, 0.2) is 0 Å². The van der Waals surface area contributed by atoms with E-state index in [0.29, 0.717) is 6.61 Å². The monoisotopic (exact) mass is 240 g/mol. The van der Waals surface area contributed by atoms with Crippen LogP contribution >= 0.6 is 7.82 Å². The standard InChI is InChI=1S/C8H17O6P/c1-4-12-15(9,10)13-6-7-5-11-8(2,3)14-7/h7H,4-6H2,1-3H3,(H,9,10)/t7-/m1/s1. The molecule has 1 aliphatic heterocycles. The number of rotatable bonds is 5. The van der Waals surface area contributed by atoms with Gasteiger partial charge in [0.25, 0.3) is 0 Å². The Morgan fingerprint density at radius 3 is 2.67 bits per heavy atom. The smallest absolute Gasteiger partial charge is 0.348 e. The van der Waals surface area contributed by atoms with Gasteiger partial charge in [-0.1, -0.05) is 0 Å². The minimum atomic E-state index is -3.92. The van der Waals surface area contributed by atoms with Gasteiger partial charge in [0.15, 0.2) is 5.79 Å². The fourth-order valence-electron chi connectivity index (χ4n) is 1.22. The van der Waals surface area contributed by atoms with Gasteiger partial charge in [0.2, 0.25) is 0 Å². The Balaban J connectivity index is 2.30. The van der Waals surface area contributed by atoms with E-state index < -0.39 is 13.6 Å². The van der Waals surface area contributed by atoms with Crippen molar-refractivity contribution in [3.05, 3.63) is 0 Å². The molecule has 6 nitrogen and oxygen atoms in total. The fourth-order valence-corrected chi connectivity index (χ4v) is 1.98. The van der Waals surface area contributed by atoms with Gasteiger partial charge >= 0.3 is 7.82 Å². The molecule has 0 radical (unpaired) electrons. The number of hydrogen-bond acceptors (Lipinski definition) is 5. The lowest BCUT2D eigenvalue weighted by Crippen LogP contribution is -2.23. The summed E-state index contributed by atoms with van der Waals surface area (Å²) in [5, 5.41) is 0. The number of hydrogen-bond donors (Lipinski definition) is 1. The van der Waals surface area contributed by atoms with Crippen LogP contribution in [0.4, 0.5) is 0 Å². The Labute approximate surface area is 89.1 Å². The average Bonchev–Trinajstić information content (AvgIpc) is 2.42. The van der Waals surface area contributed by atoms with Crippen LogP contribution in [0.1, 0.15) is 20.8 Å². The molecule has 1 rings (SSSR count). The Hall–Kier alpha value is 0.0300. The quantitative estimate of drug-likeness (QED) is 0.730. The molecule has 1 unspecified atom stereocenters. The van der Waals surface area contributed by atoms with Crippen LogP contribution in [-0.4, -0.2) is 36.6 Å². The highest BCUT2D eigenvalue weighted by atomic mass is 31.2. The summed E-state index contributed by atoms with van der Waals surface area (Å²) in [7, 11) is -3.92. The highest BCUT2D eigenvalue weighted by Crippen LogP contribution is 2.43. The summed E-state index contributed by atoms with van der Waals surface area (Å²) in [5.41, 5.74) is 0. The predicted molar refractivity (Wildman–Crippen MR) is 52.3 cm³/mol. The fraction of sp³-hybridized carbons (Fsp3) is 1.00. The molecule has 15 heavy (non-hydrogen) atoms. The Morgan fingerprint density at radius 1 is 1.53 bits per heavy atom. The van der Waals surface area contributed by atoms with Crippen molar-refractivity contribution in [3.8, 4) is 0 Å². The molecule has 0 aromatic carbocycles. The molecule has 90 valence electrons. The summed E-state index contributed by atoms with van der Waals surface area (Å²) in [6.07, 6.45) is -0.332. The van der Waals surface area contributed by atoms with Gasteiger partial charge in [0.1, 0.15) is 6.10 Å². The van der Waals surface area contributed by atoms with Crippen molar-refractivity contribution in [3.63, 3.8) is 0 Å². The summed E-state index contributed by atoms with van der Waals surface area (Å²) in [4.78, 5) is 9.12. The zero-order valence-electron chi connectivity index (χ0n) is 9.13. The van der Waals surface area contributed by atoms with Crippen LogP contribution < -0.4 is 0 Å². The van der Waals surface area contributed by atoms with Crippen molar-refractivity contribution in [2.75, 3.05) is 19.8 Å². The Kier molecular flexibility index (Phi) is 4.29. The second-order valence-electron chi connectivity index (χ2n) is 3.63. The lowest BCUT2D eigenvalue weighted by atomic mass is 10.4. The second-order valence-corrected chi connectivity index (χ2v) is 5.09. The van der Waals surface area contributed by atoms with Gasteiger partial charge in [0, 0.05) is 0 Å². The van der Waals surface area contributed by atoms with Gasteiger partial charge in [-0.3, -0.25) is 9.05 Å². The molecule has 1 fully saturated rings. The van der Waals surface area contributed by atoms with E-state index in [1.807, 2.05) is 0 Å². The Bertz CT molecular complexity index is 254. The SMILES string of the molecule is CCOP(=O)(O)OC[C@H]1COC(C)(C)O1. The van der Waals surface area contributed by atoms with Gasteiger partial charge in [-0.05, 0) is 20.8 Å². The van der Waals surface area contributed by atoms with Crippen molar-refractivity contribution in [2.24, 2.45) is 0 Å². The summed E-state index contributed by atoms with van der Waals surface area (Å²) in [6.45, 7) is 5.62. The van der Waals surface area contributed by atoms with E-state index in [1.165, 1.54) is 0 Å². The van der Waals surface area contributed by atoms with Crippen LogP contribution in [0.3, 0.4) is 0 Å². The maximum absolute atomic E-state index is 11.1. The molecule has 0 aromatic heterocycles. The molecule has 0 aliphatic carbocycles. The highest BCUT2D eigenvalue weighted by molar-refractivity contribution is 7.47. The van der Waals surface area contributed by atoms with Crippen molar-refractivity contribution >= 4 is 7.82 Å². The van der Waals surface area contributed by atoms with E-state index in [4.69, 9.17) is 18.9 Å². The lowest BCUT2D eigenvalue weighted by Gasteiger charge is -2.17. The normalized spacial score (nSPS) is 28.9. The zero-order chi connectivity index (χ0) is 11.5. The highest BCUT2D eigenvalue weighted by Gasteiger charge is 2.34. The van der Waals surface area contributed by atoms with Crippen LogP contribution in [0.2, 0.25) is 0 Å². The summed E-state index contributed by atoms with van der Waals surface area (Å²) >= 11 is 0. The third-order valence-corrected chi connectivity index (χ3v) is 2.84. The molecule has 0 amide bonds. The van der Waals surface area contributed by atoms with Crippen molar-refractivity contribution in [1.82, 2.24) is 0 Å². The molecular weight excluding hydrogens is 223 g/mol. The molecule has 0 bridgehead atoms. The summed E-state index contributed by atoms with van der Waals surface area (Å²) in [6, 6.07) is 0. The zero-order valence-corrected chi connectivity index (χ0v) is 10.0. The van der Waals surface area contributed by atoms with Crippen LogP contribution in [-0.2, 0) is 23.1 Å². The third-order valence-electron chi connectivity index (χ3n) is 1.78. The first kappa shape index (κ1) is 13.1. The van der Waals surface area contributed by atoms with Gasteiger partial charge in [-0.15, -0.1) is 0 Å². The summed E-state index contributed by atoms with van der Waals surface area (Å²) < 4.78 is 31.1. The molecule has 0 aromatic rings. The largest absolute Gasteiger partial charge is 0.472 e. The van der Waals surface area contributed by atoms with Gasteiger partial charge in [0.05, 0.1) is 19.8 Å². The number of phosphoric acid groups is 1. The van der Waals surface area contributed by atoms with E-state index in [0.717, 1.165) is 0 Å². The van der Waals surface area contributed by atoms with E-state index >= 15 is 0 Å². The first-order chi connectivity index (χ1) is 6.85. The molecule has 0 spiro atoms. The van der Waals surface area contributed by atoms with Crippen molar-refractivity contribution in [2.45, 2.75) is 32.7 Å². The average molecular weight is 240 g/mol. The molecule has 1 N–H and O–H groups in total. The maximum Gasteiger partial charge on any atom is 0.472 e. The summed E-state index contributed by atoms with van der Waals surface area (Å²) in [5.74, 6) is -0.654. The molecule has 1 heterocycles. The maximum atomic E-state index is 11.1. The molecule has 2 atom stereocenters. The first-order valence-corrected chi connectivity index (χ1v) is 6.28. The molecule has 0 saturated carbocycles. The minimum absolute atomic E-state index is 0.0167. The van der Waals surface area contributed by atoms with E-state index in [1.54, 1.807) is 20.8 Å². The van der Waals surface area contributed by atoms with Gasteiger partial charge < -0.3 is 14.4 Å². The number of ether oxygens (including phenoxy) is 2. The van der Waals surface area contributed by atoms with Crippen LogP contribution in [0.5, 0.6) is 0 Å². The van der Waals surface area contributed by atoms with E-state index in [9.17, 15) is 4.57 Å². The molecular formula is C8H17O6P. The van der Waals surface area contributed by atoms with E-state index in [2.05, 4.69) is 4.52 Å². The molecule has 7 heteroatoms. The minimum Gasteiger partial charge on any atom is -0.348 e.